The van der Waals surface area contributed by atoms with Crippen LogP contribution in [-0.2, 0) is 0 Å². The van der Waals surface area contributed by atoms with Crippen LogP contribution in [0.25, 0.3) is 11.1 Å². The highest BCUT2D eigenvalue weighted by Crippen LogP contribution is 2.36. The van der Waals surface area contributed by atoms with Crippen molar-refractivity contribution >= 4 is 40.5 Å². The summed E-state index contributed by atoms with van der Waals surface area (Å²) in [4.78, 5) is 10.1. The zero-order valence-corrected chi connectivity index (χ0v) is 11.1. The van der Waals surface area contributed by atoms with Crippen molar-refractivity contribution < 1.29 is 4.92 Å². The molecule has 0 unspecified atom stereocenters. The molecule has 0 bridgehead atoms. The maximum Gasteiger partial charge on any atom is 0.270 e. The van der Waals surface area contributed by atoms with E-state index in [1.165, 1.54) is 12.1 Å². The van der Waals surface area contributed by atoms with Crippen molar-refractivity contribution in [2.24, 2.45) is 0 Å². The molecule has 0 atom stereocenters. The lowest BCUT2D eigenvalue weighted by atomic mass is 10.1. The lowest BCUT2D eigenvalue weighted by Crippen LogP contribution is -1.89. The molecule has 6 heteroatoms. The predicted octanol–water partition coefficient (Wildman–Crippen LogP) is 5.22. The standard InChI is InChI=1S/C12H6Cl3NO2/c13-7-1-4-11(14)10(5-7)9-3-2-8(16(17)18)6-12(9)15/h1-6H. The van der Waals surface area contributed by atoms with Gasteiger partial charge in [0, 0.05) is 33.3 Å². The van der Waals surface area contributed by atoms with Crippen molar-refractivity contribution in [2.45, 2.75) is 0 Å². The van der Waals surface area contributed by atoms with Gasteiger partial charge < -0.3 is 0 Å². The van der Waals surface area contributed by atoms with Crippen LogP contribution in [0.3, 0.4) is 0 Å². The third-order valence-corrected chi connectivity index (χ3v) is 3.26. The highest BCUT2D eigenvalue weighted by Gasteiger charge is 2.13. The molecule has 0 amide bonds. The zero-order valence-electron chi connectivity index (χ0n) is 8.86. The van der Waals surface area contributed by atoms with Gasteiger partial charge in [-0.3, -0.25) is 10.1 Å². The molecule has 0 radical (unpaired) electrons. The molecule has 92 valence electrons. The van der Waals surface area contributed by atoms with Crippen molar-refractivity contribution in [2.75, 3.05) is 0 Å². The number of benzene rings is 2. The lowest BCUT2D eigenvalue weighted by molar-refractivity contribution is -0.384. The number of non-ortho nitro benzene ring substituents is 1. The third kappa shape index (κ3) is 2.58. The van der Waals surface area contributed by atoms with E-state index in [0.717, 1.165) is 0 Å². The lowest BCUT2D eigenvalue weighted by Gasteiger charge is -2.07. The summed E-state index contributed by atoms with van der Waals surface area (Å²) in [5, 5.41) is 11.9. The van der Waals surface area contributed by atoms with Crippen molar-refractivity contribution in [1.29, 1.82) is 0 Å². The van der Waals surface area contributed by atoms with Gasteiger partial charge in [-0.05, 0) is 24.3 Å². The Morgan fingerprint density at radius 1 is 0.889 bits per heavy atom. The molecular weight excluding hydrogens is 296 g/mol. The first kappa shape index (κ1) is 13.1. The first-order valence-corrected chi connectivity index (χ1v) is 6.02. The molecule has 18 heavy (non-hydrogen) atoms. The Balaban J connectivity index is 2.58. The van der Waals surface area contributed by atoms with Gasteiger partial charge in [0.15, 0.2) is 0 Å². The van der Waals surface area contributed by atoms with Gasteiger partial charge in [0.05, 0.1) is 9.95 Å². The van der Waals surface area contributed by atoms with E-state index < -0.39 is 4.92 Å². The molecule has 0 heterocycles. The van der Waals surface area contributed by atoms with Crippen molar-refractivity contribution in [1.82, 2.24) is 0 Å². The van der Waals surface area contributed by atoms with Gasteiger partial charge in [0.25, 0.3) is 5.69 Å². The summed E-state index contributed by atoms with van der Waals surface area (Å²) in [7, 11) is 0. The van der Waals surface area contributed by atoms with E-state index >= 15 is 0 Å². The number of nitro groups is 1. The zero-order chi connectivity index (χ0) is 13.3. The van der Waals surface area contributed by atoms with Crippen LogP contribution in [0.15, 0.2) is 36.4 Å². The van der Waals surface area contributed by atoms with E-state index in [2.05, 4.69) is 0 Å². The minimum Gasteiger partial charge on any atom is -0.258 e. The Hall–Kier alpha value is -1.29. The fourth-order valence-corrected chi connectivity index (χ4v) is 2.21. The molecule has 3 nitrogen and oxygen atoms in total. The summed E-state index contributed by atoms with van der Waals surface area (Å²) in [6.07, 6.45) is 0. The summed E-state index contributed by atoms with van der Waals surface area (Å²) in [6.45, 7) is 0. The van der Waals surface area contributed by atoms with Crippen LogP contribution in [0.5, 0.6) is 0 Å². The second-order valence-corrected chi connectivity index (χ2v) is 4.80. The average Bonchev–Trinajstić information content (AvgIpc) is 2.32. The number of hydrogen-bond donors (Lipinski definition) is 0. The Bertz CT molecular complexity index is 629. The molecule has 0 N–H and O–H groups in total. The van der Waals surface area contributed by atoms with Gasteiger partial charge >= 0.3 is 0 Å². The topological polar surface area (TPSA) is 43.1 Å². The Kier molecular flexibility index (Phi) is 3.76. The van der Waals surface area contributed by atoms with Crippen LogP contribution in [0.1, 0.15) is 0 Å². The van der Waals surface area contributed by atoms with Crippen LogP contribution in [-0.4, -0.2) is 4.92 Å². The fraction of sp³-hybridized carbons (Fsp3) is 0. The average molecular weight is 303 g/mol. The maximum absolute atomic E-state index is 10.6. The summed E-state index contributed by atoms with van der Waals surface area (Å²) in [5.41, 5.74) is 1.18. The molecule has 0 spiro atoms. The molecule has 0 aromatic heterocycles. The molecule has 0 aliphatic rings. The maximum atomic E-state index is 10.6. The SMILES string of the molecule is O=[N+]([O-])c1ccc(-c2cc(Cl)ccc2Cl)c(Cl)c1. The van der Waals surface area contributed by atoms with Gasteiger partial charge in [-0.2, -0.15) is 0 Å². The number of nitro benzene ring substituents is 1. The van der Waals surface area contributed by atoms with Gasteiger partial charge in [-0.1, -0.05) is 34.8 Å². The van der Waals surface area contributed by atoms with E-state index in [-0.39, 0.29) is 10.7 Å². The van der Waals surface area contributed by atoms with Gasteiger partial charge in [0.2, 0.25) is 0 Å². The molecule has 2 aromatic rings. The highest BCUT2D eigenvalue weighted by molar-refractivity contribution is 6.37. The molecule has 0 fully saturated rings. The van der Waals surface area contributed by atoms with Crippen LogP contribution in [0.2, 0.25) is 15.1 Å². The summed E-state index contributed by atoms with van der Waals surface area (Å²) >= 11 is 18.0. The van der Waals surface area contributed by atoms with E-state index in [1.54, 1.807) is 24.3 Å². The second kappa shape index (κ2) is 5.14. The third-order valence-electron chi connectivity index (χ3n) is 2.38. The van der Waals surface area contributed by atoms with Crippen LogP contribution < -0.4 is 0 Å². The minimum absolute atomic E-state index is 0.0677. The predicted molar refractivity (Wildman–Crippen MR) is 73.6 cm³/mol. The number of hydrogen-bond acceptors (Lipinski definition) is 2. The number of nitrogens with zero attached hydrogens (tertiary/aromatic N) is 1. The van der Waals surface area contributed by atoms with Crippen molar-refractivity contribution in [3.63, 3.8) is 0 Å². The quantitative estimate of drug-likeness (QED) is 0.563. The van der Waals surface area contributed by atoms with E-state index in [1.807, 2.05) is 0 Å². The molecule has 0 saturated heterocycles. The molecule has 0 aliphatic carbocycles. The Labute approximate surface area is 118 Å². The van der Waals surface area contributed by atoms with Gasteiger partial charge in [-0.15, -0.1) is 0 Å². The summed E-state index contributed by atoms with van der Waals surface area (Å²) < 4.78 is 0. The second-order valence-electron chi connectivity index (χ2n) is 3.55. The van der Waals surface area contributed by atoms with Crippen LogP contribution in [0.4, 0.5) is 5.69 Å². The largest absolute Gasteiger partial charge is 0.270 e. The Morgan fingerprint density at radius 3 is 2.22 bits per heavy atom. The normalized spacial score (nSPS) is 10.4. The molecule has 0 saturated carbocycles. The van der Waals surface area contributed by atoms with Gasteiger partial charge in [-0.25, -0.2) is 0 Å². The van der Waals surface area contributed by atoms with Crippen LogP contribution >= 0.6 is 34.8 Å². The first-order valence-electron chi connectivity index (χ1n) is 4.88. The number of halogens is 3. The van der Waals surface area contributed by atoms with E-state index in [4.69, 9.17) is 34.8 Å². The molecule has 2 rings (SSSR count). The fourth-order valence-electron chi connectivity index (χ4n) is 1.54. The first-order chi connectivity index (χ1) is 8.49. The van der Waals surface area contributed by atoms with Crippen molar-refractivity contribution in [3.05, 3.63) is 61.6 Å². The van der Waals surface area contributed by atoms with Crippen LogP contribution in [0, 0.1) is 10.1 Å². The molecular formula is C12H6Cl3NO2. The molecule has 0 aliphatic heterocycles. The summed E-state index contributed by atoms with van der Waals surface area (Å²) in [5.74, 6) is 0. The van der Waals surface area contributed by atoms with E-state index in [0.29, 0.717) is 21.2 Å². The minimum atomic E-state index is -0.505. The summed E-state index contributed by atoms with van der Waals surface area (Å²) in [6, 6.07) is 9.19. The van der Waals surface area contributed by atoms with E-state index in [9.17, 15) is 10.1 Å². The monoisotopic (exact) mass is 301 g/mol. The van der Waals surface area contributed by atoms with Gasteiger partial charge in [0.1, 0.15) is 0 Å². The molecule has 2 aromatic carbocycles. The number of rotatable bonds is 2. The highest BCUT2D eigenvalue weighted by atomic mass is 35.5. The Morgan fingerprint density at radius 2 is 1.61 bits per heavy atom. The smallest absolute Gasteiger partial charge is 0.258 e. The van der Waals surface area contributed by atoms with Crippen molar-refractivity contribution in [3.8, 4) is 11.1 Å².